The van der Waals surface area contributed by atoms with Crippen LogP contribution in [0.4, 0.5) is 5.13 Å². The van der Waals surface area contributed by atoms with Crippen LogP contribution >= 0.6 is 39.0 Å². The molecule has 0 aliphatic carbocycles. The summed E-state index contributed by atoms with van der Waals surface area (Å²) >= 11 is 6.44. The molecule has 0 N–H and O–H groups in total. The second kappa shape index (κ2) is 4.83. The summed E-state index contributed by atoms with van der Waals surface area (Å²) in [6.07, 6.45) is 1.29. The van der Waals surface area contributed by atoms with Crippen molar-refractivity contribution in [1.29, 1.82) is 0 Å². The molecule has 0 amide bonds. The second-order valence-corrected chi connectivity index (χ2v) is 8.51. The number of anilines is 1. The van der Waals surface area contributed by atoms with Gasteiger partial charge >= 0.3 is 0 Å². The van der Waals surface area contributed by atoms with Gasteiger partial charge in [0.1, 0.15) is 9.98 Å². The van der Waals surface area contributed by atoms with E-state index in [-0.39, 0.29) is 0 Å². The van der Waals surface area contributed by atoms with E-state index in [1.807, 2.05) is 10.3 Å². The van der Waals surface area contributed by atoms with Crippen LogP contribution < -0.4 is 4.90 Å². The Bertz CT molecular complexity index is 473. The number of hydrogen-bond donors (Lipinski definition) is 0. The van der Waals surface area contributed by atoms with Gasteiger partial charge in [-0.05, 0) is 15.9 Å². The Morgan fingerprint density at radius 2 is 2.38 bits per heavy atom. The molecule has 1 aromatic rings. The monoisotopic (exact) mass is 342 g/mol. The van der Waals surface area contributed by atoms with Gasteiger partial charge in [-0.1, -0.05) is 0 Å². The Kier molecular flexibility index (Phi) is 3.82. The van der Waals surface area contributed by atoms with Crippen molar-refractivity contribution in [1.82, 2.24) is 4.98 Å². The highest BCUT2D eigenvalue weighted by Gasteiger charge is 2.32. The molecular formula is C8H11BrN2O2S3. The van der Waals surface area contributed by atoms with E-state index in [0.717, 1.165) is 22.0 Å². The van der Waals surface area contributed by atoms with Gasteiger partial charge in [0.2, 0.25) is 0 Å². The molecule has 1 atom stereocenters. The summed E-state index contributed by atoms with van der Waals surface area (Å²) in [6.45, 7) is 0.738. The summed E-state index contributed by atoms with van der Waals surface area (Å²) in [5.74, 6) is 1.57. The Morgan fingerprint density at radius 3 is 2.94 bits per heavy atom. The number of thiazole rings is 1. The fraction of sp³-hybridized carbons (Fsp3) is 0.625. The van der Waals surface area contributed by atoms with E-state index >= 15 is 0 Å². The number of halogens is 1. The minimum Gasteiger partial charge on any atom is -0.329 e. The Balaban J connectivity index is 2.30. The zero-order chi connectivity index (χ0) is 11.8. The van der Waals surface area contributed by atoms with E-state index in [0.29, 0.717) is 5.75 Å². The van der Waals surface area contributed by atoms with Crippen molar-refractivity contribution < 1.29 is 8.42 Å². The molecule has 16 heavy (non-hydrogen) atoms. The first-order valence-electron chi connectivity index (χ1n) is 4.63. The zero-order valence-corrected chi connectivity index (χ0v) is 12.6. The van der Waals surface area contributed by atoms with E-state index in [4.69, 9.17) is 0 Å². The predicted molar refractivity (Wildman–Crippen MR) is 73.1 cm³/mol. The number of thioether (sulfide) groups is 1. The molecule has 0 spiro atoms. The van der Waals surface area contributed by atoms with Gasteiger partial charge in [0.25, 0.3) is 0 Å². The highest BCUT2D eigenvalue weighted by atomic mass is 79.9. The summed E-state index contributed by atoms with van der Waals surface area (Å²) < 4.78 is 24.1. The van der Waals surface area contributed by atoms with Crippen molar-refractivity contribution in [2.75, 3.05) is 29.2 Å². The molecule has 8 heteroatoms. The SMILES string of the molecule is CS(=O)(=O)C1CSCCN1c1nc(Br)cs1. The van der Waals surface area contributed by atoms with E-state index in [2.05, 4.69) is 20.9 Å². The summed E-state index contributed by atoms with van der Waals surface area (Å²) in [7, 11) is -3.06. The minimum atomic E-state index is -3.06. The maximum Gasteiger partial charge on any atom is 0.187 e. The molecule has 4 nitrogen and oxygen atoms in total. The predicted octanol–water partition coefficient (Wildman–Crippen LogP) is 1.83. The molecule has 1 aliphatic rings. The minimum absolute atomic E-state index is 0.440. The largest absolute Gasteiger partial charge is 0.329 e. The first-order chi connectivity index (χ1) is 7.48. The average Bonchev–Trinajstić information content (AvgIpc) is 2.64. The smallest absolute Gasteiger partial charge is 0.187 e. The van der Waals surface area contributed by atoms with Crippen molar-refractivity contribution in [2.45, 2.75) is 5.37 Å². The molecule has 2 rings (SSSR count). The summed E-state index contributed by atoms with van der Waals surface area (Å²) in [6, 6.07) is 0. The molecule has 1 unspecified atom stereocenters. The van der Waals surface area contributed by atoms with Gasteiger partial charge in [0, 0.05) is 29.7 Å². The topological polar surface area (TPSA) is 50.3 Å². The van der Waals surface area contributed by atoms with E-state index in [1.165, 1.54) is 17.6 Å². The lowest BCUT2D eigenvalue weighted by Crippen LogP contribution is -2.47. The van der Waals surface area contributed by atoms with Gasteiger partial charge in [-0.3, -0.25) is 0 Å². The number of hydrogen-bond acceptors (Lipinski definition) is 6. The third kappa shape index (κ3) is 2.72. The van der Waals surface area contributed by atoms with Gasteiger partial charge in [0.05, 0.1) is 0 Å². The summed E-state index contributed by atoms with van der Waals surface area (Å²) in [5, 5.41) is 2.21. The molecule has 2 heterocycles. The lowest BCUT2D eigenvalue weighted by molar-refractivity contribution is 0.584. The molecule has 0 radical (unpaired) electrons. The second-order valence-electron chi connectivity index (χ2n) is 3.51. The first-order valence-corrected chi connectivity index (χ1v) is 9.41. The first kappa shape index (κ1) is 12.7. The van der Waals surface area contributed by atoms with Crippen molar-refractivity contribution in [3.63, 3.8) is 0 Å². The normalized spacial score (nSPS) is 22.4. The van der Waals surface area contributed by atoms with E-state index in [9.17, 15) is 8.42 Å². The number of sulfone groups is 1. The fourth-order valence-electron chi connectivity index (χ4n) is 1.53. The van der Waals surface area contributed by atoms with Crippen LogP contribution in [0.2, 0.25) is 0 Å². The number of rotatable bonds is 2. The Morgan fingerprint density at radius 1 is 1.62 bits per heavy atom. The zero-order valence-electron chi connectivity index (χ0n) is 8.59. The standard InChI is InChI=1S/C8H11BrN2O2S3/c1-16(12,13)7-5-14-3-2-11(7)8-10-6(9)4-15-8/h4,7H,2-3,5H2,1H3. The van der Waals surface area contributed by atoms with Crippen LogP contribution in [0.5, 0.6) is 0 Å². The maximum atomic E-state index is 11.7. The molecule has 1 fully saturated rings. The Hall–Kier alpha value is 0.210. The molecular weight excluding hydrogens is 332 g/mol. The van der Waals surface area contributed by atoms with Crippen LogP contribution in [-0.4, -0.2) is 43.1 Å². The van der Waals surface area contributed by atoms with Crippen molar-refractivity contribution in [2.24, 2.45) is 0 Å². The third-order valence-corrected chi connectivity index (χ3v) is 6.52. The lowest BCUT2D eigenvalue weighted by Gasteiger charge is -2.33. The van der Waals surface area contributed by atoms with Crippen LogP contribution in [0.3, 0.4) is 0 Å². The quantitative estimate of drug-likeness (QED) is 0.820. The highest BCUT2D eigenvalue weighted by Crippen LogP contribution is 2.30. The van der Waals surface area contributed by atoms with Crippen LogP contribution in [0.15, 0.2) is 9.98 Å². The number of nitrogens with zero attached hydrogens (tertiary/aromatic N) is 2. The van der Waals surface area contributed by atoms with Gasteiger partial charge < -0.3 is 4.90 Å². The molecule has 1 saturated heterocycles. The van der Waals surface area contributed by atoms with Crippen LogP contribution in [0.1, 0.15) is 0 Å². The van der Waals surface area contributed by atoms with Gasteiger partial charge in [-0.25, -0.2) is 13.4 Å². The summed E-state index contributed by atoms with van der Waals surface area (Å²) in [5.41, 5.74) is 0. The van der Waals surface area contributed by atoms with E-state index < -0.39 is 15.2 Å². The summed E-state index contributed by atoms with van der Waals surface area (Å²) in [4.78, 5) is 6.18. The van der Waals surface area contributed by atoms with Crippen LogP contribution in [0, 0.1) is 0 Å². The van der Waals surface area contributed by atoms with Gasteiger partial charge in [0.15, 0.2) is 15.0 Å². The highest BCUT2D eigenvalue weighted by molar-refractivity contribution is 9.10. The molecule has 0 aromatic carbocycles. The molecule has 90 valence electrons. The van der Waals surface area contributed by atoms with Gasteiger partial charge in [-0.2, -0.15) is 11.8 Å². The molecule has 1 aliphatic heterocycles. The fourth-order valence-corrected chi connectivity index (χ4v) is 5.74. The van der Waals surface area contributed by atoms with Crippen LogP contribution in [-0.2, 0) is 9.84 Å². The third-order valence-electron chi connectivity index (χ3n) is 2.29. The molecule has 1 aromatic heterocycles. The van der Waals surface area contributed by atoms with Crippen molar-refractivity contribution in [3.8, 4) is 0 Å². The Labute approximate surface area is 111 Å². The lowest BCUT2D eigenvalue weighted by atomic mass is 10.5. The average molecular weight is 343 g/mol. The van der Waals surface area contributed by atoms with Crippen molar-refractivity contribution in [3.05, 3.63) is 9.98 Å². The van der Waals surface area contributed by atoms with Gasteiger partial charge in [-0.15, -0.1) is 11.3 Å². The number of aromatic nitrogens is 1. The van der Waals surface area contributed by atoms with Crippen LogP contribution in [0.25, 0.3) is 0 Å². The maximum absolute atomic E-state index is 11.7. The van der Waals surface area contributed by atoms with E-state index in [1.54, 1.807) is 11.8 Å². The molecule has 0 bridgehead atoms. The molecule has 0 saturated carbocycles. The van der Waals surface area contributed by atoms with Crippen molar-refractivity contribution >= 4 is 54.0 Å².